The zero-order valence-corrected chi connectivity index (χ0v) is 11.3. The highest BCUT2D eigenvalue weighted by Gasteiger charge is 2.22. The lowest BCUT2D eigenvalue weighted by atomic mass is 9.93. The number of para-hydroxylation sites is 1. The molecule has 0 radical (unpaired) electrons. The lowest BCUT2D eigenvalue weighted by Gasteiger charge is -2.29. The first-order valence-electron chi connectivity index (χ1n) is 6.84. The molecule has 1 unspecified atom stereocenters. The number of piperidine rings is 1. The van der Waals surface area contributed by atoms with E-state index in [0.717, 1.165) is 31.5 Å². The molecule has 0 saturated carbocycles. The van der Waals surface area contributed by atoms with Gasteiger partial charge >= 0.3 is 5.97 Å². The molecule has 4 heteroatoms. The Labute approximate surface area is 113 Å². The maximum absolute atomic E-state index is 10.8. The third kappa shape index (κ3) is 3.96. The Morgan fingerprint density at radius 1 is 1.42 bits per heavy atom. The van der Waals surface area contributed by atoms with Crippen LogP contribution in [0.5, 0.6) is 5.75 Å². The van der Waals surface area contributed by atoms with Crippen LogP contribution < -0.4 is 10.1 Å². The molecule has 1 aliphatic rings. The highest BCUT2D eigenvalue weighted by Crippen LogP contribution is 2.25. The monoisotopic (exact) mass is 263 g/mol. The van der Waals surface area contributed by atoms with Crippen LogP contribution in [-0.2, 0) is 11.2 Å². The van der Waals surface area contributed by atoms with Crippen LogP contribution in [0.1, 0.15) is 25.3 Å². The summed E-state index contributed by atoms with van der Waals surface area (Å²) in [5, 5.41) is 12.2. The summed E-state index contributed by atoms with van der Waals surface area (Å²) < 4.78 is 5.99. The Bertz CT molecular complexity index is 427. The van der Waals surface area contributed by atoms with Gasteiger partial charge in [0, 0.05) is 5.56 Å². The fraction of sp³-hybridized carbons (Fsp3) is 0.533. The number of nitrogens with one attached hydrogen (secondary N) is 1. The van der Waals surface area contributed by atoms with Crippen LogP contribution >= 0.6 is 0 Å². The molecule has 1 atom stereocenters. The smallest absolute Gasteiger partial charge is 0.307 e. The van der Waals surface area contributed by atoms with Gasteiger partial charge in [-0.2, -0.15) is 0 Å². The minimum Gasteiger partial charge on any atom is -0.490 e. The van der Waals surface area contributed by atoms with E-state index < -0.39 is 5.97 Å². The number of benzene rings is 1. The van der Waals surface area contributed by atoms with Gasteiger partial charge < -0.3 is 15.2 Å². The van der Waals surface area contributed by atoms with Crippen molar-refractivity contribution < 1.29 is 14.6 Å². The van der Waals surface area contributed by atoms with Crippen molar-refractivity contribution in [2.24, 2.45) is 5.92 Å². The van der Waals surface area contributed by atoms with Gasteiger partial charge in [-0.15, -0.1) is 0 Å². The number of ether oxygens (including phenoxy) is 1. The molecule has 1 fully saturated rings. The summed E-state index contributed by atoms with van der Waals surface area (Å²) in [5.41, 5.74) is 0.746. The van der Waals surface area contributed by atoms with Gasteiger partial charge in [-0.05, 0) is 44.8 Å². The van der Waals surface area contributed by atoms with Crippen LogP contribution in [0.4, 0.5) is 0 Å². The van der Waals surface area contributed by atoms with Crippen LogP contribution in [-0.4, -0.2) is 30.3 Å². The van der Waals surface area contributed by atoms with Crippen molar-refractivity contribution in [3.8, 4) is 5.75 Å². The van der Waals surface area contributed by atoms with Crippen LogP contribution in [0, 0.1) is 5.92 Å². The van der Waals surface area contributed by atoms with Gasteiger partial charge in [0.25, 0.3) is 0 Å². The molecule has 0 spiro atoms. The van der Waals surface area contributed by atoms with E-state index in [9.17, 15) is 4.79 Å². The van der Waals surface area contributed by atoms with Crippen molar-refractivity contribution >= 4 is 5.97 Å². The number of carboxylic acid groups (broad SMARTS) is 1. The maximum Gasteiger partial charge on any atom is 0.307 e. The summed E-state index contributed by atoms with van der Waals surface area (Å²) in [4.78, 5) is 10.8. The Balaban J connectivity index is 2.02. The highest BCUT2D eigenvalue weighted by molar-refractivity contribution is 5.71. The first-order chi connectivity index (χ1) is 9.16. The van der Waals surface area contributed by atoms with E-state index in [1.54, 1.807) is 0 Å². The quantitative estimate of drug-likeness (QED) is 0.854. The normalized spacial score (nSPS) is 17.9. The fourth-order valence-corrected chi connectivity index (χ4v) is 2.54. The average Bonchev–Trinajstić information content (AvgIpc) is 2.41. The number of carboxylic acids is 1. The minimum absolute atomic E-state index is 0.00904. The molecular weight excluding hydrogens is 242 g/mol. The number of hydrogen-bond donors (Lipinski definition) is 2. The van der Waals surface area contributed by atoms with Gasteiger partial charge in [0.05, 0.1) is 12.5 Å². The molecular formula is C15H21NO3. The summed E-state index contributed by atoms with van der Waals surface area (Å²) in [6, 6.07) is 7.41. The SMILES string of the molecule is CC(Oc1ccccc1CC(=O)O)C1CCNCC1. The van der Waals surface area contributed by atoms with Crippen molar-refractivity contribution in [3.05, 3.63) is 29.8 Å². The third-order valence-electron chi connectivity index (χ3n) is 3.67. The number of aliphatic carboxylic acids is 1. The molecule has 0 aliphatic carbocycles. The largest absolute Gasteiger partial charge is 0.490 e. The average molecular weight is 263 g/mol. The first kappa shape index (κ1) is 13.9. The number of hydrogen-bond acceptors (Lipinski definition) is 3. The minimum atomic E-state index is -0.828. The van der Waals surface area contributed by atoms with Crippen molar-refractivity contribution in [1.29, 1.82) is 0 Å². The van der Waals surface area contributed by atoms with Crippen LogP contribution in [0.15, 0.2) is 24.3 Å². The van der Waals surface area contributed by atoms with Crippen molar-refractivity contribution in [2.75, 3.05) is 13.1 Å². The number of carbonyl (C=O) groups is 1. The predicted octanol–water partition coefficient (Wildman–Crippen LogP) is 2.08. The van der Waals surface area contributed by atoms with Crippen LogP contribution in [0.2, 0.25) is 0 Å². The molecule has 104 valence electrons. The summed E-state index contributed by atoms with van der Waals surface area (Å²) in [7, 11) is 0. The molecule has 1 aromatic carbocycles. The molecule has 1 saturated heterocycles. The molecule has 0 amide bonds. The predicted molar refractivity (Wildman–Crippen MR) is 73.5 cm³/mol. The van der Waals surface area contributed by atoms with Gasteiger partial charge in [-0.25, -0.2) is 0 Å². The Kier molecular flexibility index (Phi) is 4.80. The van der Waals surface area contributed by atoms with Crippen molar-refractivity contribution in [2.45, 2.75) is 32.3 Å². The van der Waals surface area contributed by atoms with E-state index in [1.807, 2.05) is 24.3 Å². The van der Waals surface area contributed by atoms with Crippen LogP contribution in [0.25, 0.3) is 0 Å². The van der Waals surface area contributed by atoms with E-state index in [-0.39, 0.29) is 12.5 Å². The standard InChI is InChI=1S/C15H21NO3/c1-11(12-6-8-16-9-7-12)19-14-5-3-2-4-13(14)10-15(17)18/h2-5,11-12,16H,6-10H2,1H3,(H,17,18). The topological polar surface area (TPSA) is 58.6 Å². The van der Waals surface area contributed by atoms with E-state index in [4.69, 9.17) is 9.84 Å². The van der Waals surface area contributed by atoms with Crippen LogP contribution in [0.3, 0.4) is 0 Å². The highest BCUT2D eigenvalue weighted by atomic mass is 16.5. The second-order valence-corrected chi connectivity index (χ2v) is 5.09. The Morgan fingerprint density at radius 3 is 2.79 bits per heavy atom. The van der Waals surface area contributed by atoms with E-state index in [1.165, 1.54) is 0 Å². The van der Waals surface area contributed by atoms with Gasteiger partial charge in [0.1, 0.15) is 5.75 Å². The fourth-order valence-electron chi connectivity index (χ4n) is 2.54. The molecule has 0 aromatic heterocycles. The molecule has 2 N–H and O–H groups in total. The van der Waals surface area contributed by atoms with Gasteiger partial charge in [0.15, 0.2) is 0 Å². The molecule has 1 heterocycles. The summed E-state index contributed by atoms with van der Waals surface area (Å²) >= 11 is 0. The second-order valence-electron chi connectivity index (χ2n) is 5.09. The van der Waals surface area contributed by atoms with E-state index >= 15 is 0 Å². The van der Waals surface area contributed by atoms with Gasteiger partial charge in [-0.3, -0.25) is 4.79 Å². The van der Waals surface area contributed by atoms with E-state index in [0.29, 0.717) is 11.7 Å². The van der Waals surface area contributed by atoms with E-state index in [2.05, 4.69) is 12.2 Å². The molecule has 19 heavy (non-hydrogen) atoms. The lowest BCUT2D eigenvalue weighted by Crippen LogP contribution is -2.35. The summed E-state index contributed by atoms with van der Waals surface area (Å²) in [6.45, 7) is 4.15. The lowest BCUT2D eigenvalue weighted by molar-refractivity contribution is -0.136. The number of rotatable bonds is 5. The van der Waals surface area contributed by atoms with Crippen molar-refractivity contribution in [1.82, 2.24) is 5.32 Å². The summed E-state index contributed by atoms with van der Waals surface area (Å²) in [6.07, 6.45) is 2.36. The molecule has 1 aliphatic heterocycles. The maximum atomic E-state index is 10.8. The summed E-state index contributed by atoms with van der Waals surface area (Å²) in [5.74, 6) is 0.417. The third-order valence-corrected chi connectivity index (χ3v) is 3.67. The Morgan fingerprint density at radius 2 is 2.11 bits per heavy atom. The zero-order valence-electron chi connectivity index (χ0n) is 11.3. The molecule has 4 nitrogen and oxygen atoms in total. The molecule has 1 aromatic rings. The zero-order chi connectivity index (χ0) is 13.7. The first-order valence-corrected chi connectivity index (χ1v) is 6.84. The molecule has 2 rings (SSSR count). The van der Waals surface area contributed by atoms with Gasteiger partial charge in [0.2, 0.25) is 0 Å². The van der Waals surface area contributed by atoms with Crippen molar-refractivity contribution in [3.63, 3.8) is 0 Å². The Hall–Kier alpha value is -1.55. The van der Waals surface area contributed by atoms with Gasteiger partial charge in [-0.1, -0.05) is 18.2 Å². The molecule has 0 bridgehead atoms. The second kappa shape index (κ2) is 6.57.